The molecule has 2 aromatic rings. The fraction of sp³-hybridized carbons (Fsp3) is 0.455. The Balaban J connectivity index is 1.32. The number of carbonyl (C=O) groups excluding carboxylic acids is 2. The zero-order chi connectivity index (χ0) is 21.1. The predicted molar refractivity (Wildman–Crippen MR) is 116 cm³/mol. The number of amides is 2. The van der Waals surface area contributed by atoms with Crippen LogP contribution >= 0.6 is 0 Å². The van der Waals surface area contributed by atoms with Crippen molar-refractivity contribution in [2.45, 2.75) is 31.3 Å². The molecule has 4 rings (SSSR count). The Labute approximate surface area is 176 Å². The van der Waals surface area contributed by atoms with E-state index in [0.29, 0.717) is 0 Å². The van der Waals surface area contributed by atoms with Crippen molar-refractivity contribution in [3.63, 3.8) is 0 Å². The number of fused-ring (bicyclic) bond motifs is 1. The van der Waals surface area contributed by atoms with Gasteiger partial charge in [0.2, 0.25) is 11.8 Å². The Morgan fingerprint density at radius 3 is 2.50 bits per heavy atom. The molecule has 2 aromatic carbocycles. The van der Waals surface area contributed by atoms with Gasteiger partial charge < -0.3 is 10.6 Å². The quantitative estimate of drug-likeness (QED) is 0.711. The van der Waals surface area contributed by atoms with Crippen LogP contribution in [0.1, 0.15) is 18.4 Å². The number of benzene rings is 2. The van der Waals surface area contributed by atoms with E-state index in [1.165, 1.54) is 0 Å². The number of hydrogen-bond donors (Lipinski definition) is 2. The van der Waals surface area contributed by atoms with E-state index in [1.807, 2.05) is 42.5 Å². The molecule has 0 radical (unpaired) electrons. The second-order valence-corrected chi connectivity index (χ2v) is 10.3. The Morgan fingerprint density at radius 1 is 0.967 bits per heavy atom. The molecule has 0 bridgehead atoms. The average Bonchev–Trinajstić information content (AvgIpc) is 3.34. The molecule has 2 fully saturated rings. The van der Waals surface area contributed by atoms with Crippen LogP contribution in [0.25, 0.3) is 10.8 Å². The number of sulfone groups is 1. The third-order valence-electron chi connectivity index (χ3n) is 5.96. The van der Waals surface area contributed by atoms with Crippen LogP contribution in [0.15, 0.2) is 42.5 Å². The van der Waals surface area contributed by atoms with Crippen molar-refractivity contribution in [3.05, 3.63) is 48.0 Å². The van der Waals surface area contributed by atoms with Crippen LogP contribution in [0.3, 0.4) is 0 Å². The van der Waals surface area contributed by atoms with E-state index in [2.05, 4.69) is 15.5 Å². The van der Waals surface area contributed by atoms with E-state index in [1.54, 1.807) is 0 Å². The maximum absolute atomic E-state index is 12.4. The zero-order valence-corrected chi connectivity index (χ0v) is 17.7. The van der Waals surface area contributed by atoms with Crippen LogP contribution in [0.2, 0.25) is 0 Å². The molecule has 0 spiro atoms. The van der Waals surface area contributed by atoms with Crippen LogP contribution in [0, 0.1) is 0 Å². The van der Waals surface area contributed by atoms with Gasteiger partial charge in [0.25, 0.3) is 0 Å². The van der Waals surface area contributed by atoms with Gasteiger partial charge in [0, 0.05) is 6.04 Å². The molecule has 7 nitrogen and oxygen atoms in total. The van der Waals surface area contributed by atoms with Gasteiger partial charge in [-0.3, -0.25) is 14.5 Å². The van der Waals surface area contributed by atoms with E-state index in [0.717, 1.165) is 42.3 Å². The SMILES string of the molecule is O=C(Cc1cccc2ccccc12)NCC(=O)NC1CS(=O)(=O)CC1N1CCCC1. The number of likely N-dealkylation sites (tertiary alicyclic amines) is 1. The van der Waals surface area contributed by atoms with Gasteiger partial charge >= 0.3 is 0 Å². The summed E-state index contributed by atoms with van der Waals surface area (Å²) >= 11 is 0. The Hall–Kier alpha value is -2.45. The van der Waals surface area contributed by atoms with E-state index < -0.39 is 15.9 Å². The number of nitrogens with zero attached hydrogens (tertiary/aromatic N) is 1. The lowest BCUT2D eigenvalue weighted by molar-refractivity contribution is -0.126. The summed E-state index contributed by atoms with van der Waals surface area (Å²) in [5.41, 5.74) is 0.905. The van der Waals surface area contributed by atoms with Crippen molar-refractivity contribution in [2.75, 3.05) is 31.1 Å². The molecule has 2 aliphatic heterocycles. The molecule has 0 saturated carbocycles. The molecular formula is C22H27N3O4S. The average molecular weight is 430 g/mol. The van der Waals surface area contributed by atoms with E-state index in [9.17, 15) is 18.0 Å². The molecule has 0 aromatic heterocycles. The molecule has 2 amide bonds. The van der Waals surface area contributed by atoms with Crippen molar-refractivity contribution >= 4 is 32.4 Å². The van der Waals surface area contributed by atoms with Crippen LogP contribution < -0.4 is 10.6 Å². The van der Waals surface area contributed by atoms with Gasteiger partial charge in [-0.1, -0.05) is 42.5 Å². The number of rotatable bonds is 6. The van der Waals surface area contributed by atoms with Crippen molar-refractivity contribution in [1.29, 1.82) is 0 Å². The summed E-state index contributed by atoms with van der Waals surface area (Å²) in [5, 5.41) is 7.58. The molecule has 2 heterocycles. The van der Waals surface area contributed by atoms with E-state index in [-0.39, 0.29) is 42.3 Å². The van der Waals surface area contributed by atoms with Crippen molar-refractivity contribution < 1.29 is 18.0 Å². The smallest absolute Gasteiger partial charge is 0.239 e. The molecule has 0 aliphatic carbocycles. The first kappa shape index (κ1) is 20.8. The summed E-state index contributed by atoms with van der Waals surface area (Å²) in [6, 6.07) is 13.1. The van der Waals surface area contributed by atoms with Crippen LogP contribution in [0.5, 0.6) is 0 Å². The fourth-order valence-corrected chi connectivity index (χ4v) is 6.47. The first-order valence-electron chi connectivity index (χ1n) is 10.4. The lowest BCUT2D eigenvalue weighted by Gasteiger charge is -2.28. The zero-order valence-electron chi connectivity index (χ0n) is 16.8. The minimum atomic E-state index is -3.16. The van der Waals surface area contributed by atoms with Crippen LogP contribution in [-0.2, 0) is 25.8 Å². The summed E-state index contributed by atoms with van der Waals surface area (Å²) < 4.78 is 24.2. The second-order valence-electron chi connectivity index (χ2n) is 8.15. The van der Waals surface area contributed by atoms with E-state index >= 15 is 0 Å². The molecule has 160 valence electrons. The Bertz CT molecular complexity index is 1040. The molecule has 2 aliphatic rings. The molecule has 2 saturated heterocycles. The highest BCUT2D eigenvalue weighted by molar-refractivity contribution is 7.91. The van der Waals surface area contributed by atoms with Gasteiger partial charge in [-0.25, -0.2) is 8.42 Å². The highest BCUT2D eigenvalue weighted by Gasteiger charge is 2.42. The third-order valence-corrected chi connectivity index (χ3v) is 7.67. The summed E-state index contributed by atoms with van der Waals surface area (Å²) in [4.78, 5) is 26.9. The lowest BCUT2D eigenvalue weighted by Crippen LogP contribution is -2.52. The maximum atomic E-state index is 12.4. The van der Waals surface area contributed by atoms with Gasteiger partial charge in [-0.05, 0) is 42.3 Å². The standard InChI is InChI=1S/C22H27N3O4S/c26-21(12-17-8-5-7-16-6-1-2-9-18(16)17)23-13-22(27)24-19-14-30(28,29)15-20(19)25-10-3-4-11-25/h1-2,5-9,19-20H,3-4,10-15H2,(H,23,26)(H,24,27). The number of nitrogens with one attached hydrogen (secondary N) is 2. The minimum Gasteiger partial charge on any atom is -0.349 e. The number of carbonyl (C=O) groups is 2. The monoisotopic (exact) mass is 429 g/mol. The molecule has 8 heteroatoms. The van der Waals surface area contributed by atoms with Crippen LogP contribution in [-0.4, -0.2) is 68.4 Å². The maximum Gasteiger partial charge on any atom is 0.239 e. The Kier molecular flexibility index (Phi) is 6.06. The normalized spacial score (nSPS) is 23.5. The molecule has 2 N–H and O–H groups in total. The minimum absolute atomic E-state index is 0.0378. The molecule has 30 heavy (non-hydrogen) atoms. The first-order valence-corrected chi connectivity index (χ1v) is 12.2. The molecule has 2 atom stereocenters. The summed E-state index contributed by atoms with van der Waals surface area (Å²) in [7, 11) is -3.16. The van der Waals surface area contributed by atoms with Gasteiger partial charge in [-0.2, -0.15) is 0 Å². The largest absolute Gasteiger partial charge is 0.349 e. The highest BCUT2D eigenvalue weighted by atomic mass is 32.2. The van der Waals surface area contributed by atoms with Crippen LogP contribution in [0.4, 0.5) is 0 Å². The predicted octanol–water partition coefficient (Wildman–Crippen LogP) is 0.876. The number of hydrogen-bond acceptors (Lipinski definition) is 5. The summed E-state index contributed by atoms with van der Waals surface area (Å²) in [6.45, 7) is 1.58. The molecular weight excluding hydrogens is 402 g/mol. The van der Waals surface area contributed by atoms with Gasteiger partial charge in [0.1, 0.15) is 0 Å². The van der Waals surface area contributed by atoms with E-state index in [4.69, 9.17) is 0 Å². The fourth-order valence-electron chi connectivity index (χ4n) is 4.52. The van der Waals surface area contributed by atoms with Gasteiger partial charge in [0.05, 0.1) is 30.5 Å². The van der Waals surface area contributed by atoms with Gasteiger partial charge in [0.15, 0.2) is 9.84 Å². The lowest BCUT2D eigenvalue weighted by atomic mass is 10.0. The highest BCUT2D eigenvalue weighted by Crippen LogP contribution is 2.22. The van der Waals surface area contributed by atoms with Crippen molar-refractivity contribution in [2.24, 2.45) is 0 Å². The third kappa shape index (κ3) is 4.82. The second kappa shape index (κ2) is 8.73. The summed E-state index contributed by atoms with van der Waals surface area (Å²) in [5.74, 6) is -0.542. The van der Waals surface area contributed by atoms with Crippen molar-refractivity contribution in [3.8, 4) is 0 Å². The molecule has 2 unspecified atom stereocenters. The topological polar surface area (TPSA) is 95.6 Å². The van der Waals surface area contributed by atoms with Crippen molar-refractivity contribution in [1.82, 2.24) is 15.5 Å². The van der Waals surface area contributed by atoms with Gasteiger partial charge in [-0.15, -0.1) is 0 Å². The first-order chi connectivity index (χ1) is 14.4. The Morgan fingerprint density at radius 2 is 1.70 bits per heavy atom. The summed E-state index contributed by atoms with van der Waals surface area (Å²) in [6.07, 6.45) is 2.30.